The van der Waals surface area contributed by atoms with Crippen molar-refractivity contribution < 1.29 is 4.79 Å². The van der Waals surface area contributed by atoms with Crippen LogP contribution in [-0.4, -0.2) is 67.5 Å². The van der Waals surface area contributed by atoms with Crippen LogP contribution < -0.4 is 10.6 Å². The summed E-state index contributed by atoms with van der Waals surface area (Å²) in [6, 6.07) is 9.17. The van der Waals surface area contributed by atoms with Crippen molar-refractivity contribution in [1.29, 1.82) is 0 Å². The first-order valence-corrected chi connectivity index (χ1v) is 10.8. The Morgan fingerprint density at radius 2 is 1.68 bits per heavy atom. The second-order valence-corrected chi connectivity index (χ2v) is 7.83. The number of aryl methyl sites for hydroxylation is 1. The van der Waals surface area contributed by atoms with E-state index in [0.717, 1.165) is 58.1 Å². The normalized spacial score (nSPS) is 19.1. The lowest BCUT2D eigenvalue weighted by Crippen LogP contribution is -2.43. The predicted octanol–water partition coefficient (Wildman–Crippen LogP) is 2.31. The van der Waals surface area contributed by atoms with Crippen molar-refractivity contribution in [3.63, 3.8) is 0 Å². The lowest BCUT2D eigenvalue weighted by atomic mass is 10.0. The molecule has 0 aromatic heterocycles. The van der Waals surface area contributed by atoms with Crippen LogP contribution in [0.5, 0.6) is 0 Å². The van der Waals surface area contributed by atoms with Gasteiger partial charge in [-0.1, -0.05) is 29.8 Å². The van der Waals surface area contributed by atoms with Gasteiger partial charge in [-0.3, -0.25) is 9.69 Å². The highest BCUT2D eigenvalue weighted by Crippen LogP contribution is 2.24. The van der Waals surface area contributed by atoms with E-state index >= 15 is 0 Å². The monoisotopic (exact) mass is 385 g/mol. The highest BCUT2D eigenvalue weighted by Gasteiger charge is 2.24. The largest absolute Gasteiger partial charge is 0.357 e. The van der Waals surface area contributed by atoms with Gasteiger partial charge >= 0.3 is 0 Å². The standard InChI is InChI=1S/C22H35N5O/c1-3-23-22(25-17-21(28)27-14-6-7-15-27)24-16-20(26-12-4-5-13-26)19-10-8-18(2)9-11-19/h8-11,20H,3-7,12-17H2,1-2H3,(H2,23,24,25). The van der Waals surface area contributed by atoms with Gasteiger partial charge in [0, 0.05) is 26.2 Å². The van der Waals surface area contributed by atoms with Gasteiger partial charge in [0.15, 0.2) is 5.96 Å². The number of aliphatic imine (C=N–C) groups is 1. The van der Waals surface area contributed by atoms with Gasteiger partial charge in [0.2, 0.25) is 5.91 Å². The minimum absolute atomic E-state index is 0.129. The van der Waals surface area contributed by atoms with Gasteiger partial charge < -0.3 is 15.5 Å². The number of likely N-dealkylation sites (tertiary alicyclic amines) is 2. The topological polar surface area (TPSA) is 60.0 Å². The first-order valence-electron chi connectivity index (χ1n) is 10.8. The SMILES string of the molecule is CCNC(=NCC(=O)N1CCCC1)NCC(c1ccc(C)cc1)N1CCCC1. The van der Waals surface area contributed by atoms with Crippen LogP contribution in [-0.2, 0) is 4.79 Å². The summed E-state index contributed by atoms with van der Waals surface area (Å²) in [7, 11) is 0. The third-order valence-electron chi connectivity index (χ3n) is 5.68. The number of amides is 1. The molecule has 6 heteroatoms. The number of rotatable bonds is 7. The fraction of sp³-hybridized carbons (Fsp3) is 0.636. The average Bonchev–Trinajstić information content (AvgIpc) is 3.41. The van der Waals surface area contributed by atoms with E-state index in [1.807, 2.05) is 4.90 Å². The molecule has 2 N–H and O–H groups in total. The molecule has 2 saturated heterocycles. The number of carbonyl (C=O) groups excluding carboxylic acids is 1. The summed E-state index contributed by atoms with van der Waals surface area (Å²) in [5.41, 5.74) is 2.62. The van der Waals surface area contributed by atoms with Crippen molar-refractivity contribution in [3.8, 4) is 0 Å². The van der Waals surface area contributed by atoms with Crippen molar-refractivity contribution in [2.45, 2.75) is 45.6 Å². The Balaban J connectivity index is 1.63. The molecule has 1 atom stereocenters. The highest BCUT2D eigenvalue weighted by atomic mass is 16.2. The molecule has 1 amide bonds. The van der Waals surface area contributed by atoms with Gasteiger partial charge in [-0.2, -0.15) is 0 Å². The highest BCUT2D eigenvalue weighted by molar-refractivity contribution is 5.85. The van der Waals surface area contributed by atoms with Crippen LogP contribution >= 0.6 is 0 Å². The van der Waals surface area contributed by atoms with E-state index in [4.69, 9.17) is 0 Å². The van der Waals surface area contributed by atoms with Gasteiger partial charge in [-0.05, 0) is 58.2 Å². The van der Waals surface area contributed by atoms with E-state index in [1.54, 1.807) is 0 Å². The number of nitrogens with one attached hydrogen (secondary N) is 2. The molecule has 3 rings (SSSR count). The van der Waals surface area contributed by atoms with Crippen LogP contribution in [0.15, 0.2) is 29.3 Å². The molecule has 2 heterocycles. The molecule has 0 aliphatic carbocycles. The third kappa shape index (κ3) is 5.71. The van der Waals surface area contributed by atoms with E-state index < -0.39 is 0 Å². The lowest BCUT2D eigenvalue weighted by molar-refractivity contribution is -0.128. The number of hydrogen-bond donors (Lipinski definition) is 2. The number of guanidine groups is 1. The molecule has 1 aromatic rings. The number of carbonyl (C=O) groups is 1. The Morgan fingerprint density at radius 1 is 1.04 bits per heavy atom. The molecule has 0 bridgehead atoms. The summed E-state index contributed by atoms with van der Waals surface area (Å²) < 4.78 is 0. The maximum atomic E-state index is 12.3. The minimum atomic E-state index is 0.129. The summed E-state index contributed by atoms with van der Waals surface area (Å²) >= 11 is 0. The van der Waals surface area contributed by atoms with Crippen LogP contribution in [0.3, 0.4) is 0 Å². The molecule has 1 aromatic carbocycles. The molecule has 0 radical (unpaired) electrons. The maximum absolute atomic E-state index is 12.3. The average molecular weight is 386 g/mol. The first-order chi connectivity index (χ1) is 13.7. The summed E-state index contributed by atoms with van der Waals surface area (Å²) in [6.45, 7) is 10.00. The summed E-state index contributed by atoms with van der Waals surface area (Å²) in [5.74, 6) is 0.857. The van der Waals surface area contributed by atoms with E-state index in [2.05, 4.69) is 58.6 Å². The Hall–Kier alpha value is -2.08. The minimum Gasteiger partial charge on any atom is -0.357 e. The van der Waals surface area contributed by atoms with Gasteiger partial charge in [0.25, 0.3) is 0 Å². The first kappa shape index (κ1) is 20.6. The van der Waals surface area contributed by atoms with Crippen LogP contribution in [0.2, 0.25) is 0 Å². The fourth-order valence-corrected chi connectivity index (χ4v) is 4.05. The Kier molecular flexibility index (Phi) is 7.71. The summed E-state index contributed by atoms with van der Waals surface area (Å²) in [5, 5.41) is 6.77. The van der Waals surface area contributed by atoms with Gasteiger partial charge in [0.1, 0.15) is 6.54 Å². The number of hydrogen-bond acceptors (Lipinski definition) is 3. The van der Waals surface area contributed by atoms with Gasteiger partial charge in [0.05, 0.1) is 6.04 Å². The van der Waals surface area contributed by atoms with Crippen molar-refractivity contribution in [3.05, 3.63) is 35.4 Å². The van der Waals surface area contributed by atoms with E-state index in [1.165, 1.54) is 24.0 Å². The van der Waals surface area contributed by atoms with Crippen LogP contribution in [0, 0.1) is 6.92 Å². The second-order valence-electron chi connectivity index (χ2n) is 7.83. The third-order valence-corrected chi connectivity index (χ3v) is 5.68. The number of benzene rings is 1. The Morgan fingerprint density at radius 3 is 2.32 bits per heavy atom. The zero-order valence-corrected chi connectivity index (χ0v) is 17.4. The van der Waals surface area contributed by atoms with Crippen molar-refractivity contribution >= 4 is 11.9 Å². The van der Waals surface area contributed by atoms with Crippen LogP contribution in [0.4, 0.5) is 0 Å². The molecular weight excluding hydrogens is 350 g/mol. The number of nitrogens with zero attached hydrogens (tertiary/aromatic N) is 3. The van der Waals surface area contributed by atoms with E-state index in [0.29, 0.717) is 6.04 Å². The van der Waals surface area contributed by atoms with Gasteiger partial charge in [-0.15, -0.1) is 0 Å². The summed E-state index contributed by atoms with van der Waals surface area (Å²) in [4.78, 5) is 21.3. The van der Waals surface area contributed by atoms with E-state index in [9.17, 15) is 4.79 Å². The zero-order chi connectivity index (χ0) is 19.8. The van der Waals surface area contributed by atoms with Crippen molar-refractivity contribution in [1.82, 2.24) is 20.4 Å². The molecule has 154 valence electrons. The molecule has 1 unspecified atom stereocenters. The summed E-state index contributed by atoms with van der Waals surface area (Å²) in [6.07, 6.45) is 4.76. The molecule has 2 aliphatic heterocycles. The van der Waals surface area contributed by atoms with Gasteiger partial charge in [-0.25, -0.2) is 4.99 Å². The van der Waals surface area contributed by atoms with Crippen molar-refractivity contribution in [2.75, 3.05) is 45.8 Å². The zero-order valence-electron chi connectivity index (χ0n) is 17.4. The van der Waals surface area contributed by atoms with E-state index in [-0.39, 0.29) is 12.5 Å². The fourth-order valence-electron chi connectivity index (χ4n) is 4.05. The molecule has 28 heavy (non-hydrogen) atoms. The smallest absolute Gasteiger partial charge is 0.244 e. The molecule has 6 nitrogen and oxygen atoms in total. The Labute approximate surface area is 169 Å². The molecule has 0 saturated carbocycles. The molecular formula is C22H35N5O. The Bertz CT molecular complexity index is 645. The second kappa shape index (κ2) is 10.5. The van der Waals surface area contributed by atoms with Crippen molar-refractivity contribution in [2.24, 2.45) is 4.99 Å². The predicted molar refractivity (Wildman–Crippen MR) is 115 cm³/mol. The maximum Gasteiger partial charge on any atom is 0.244 e. The van der Waals surface area contributed by atoms with Crippen LogP contribution in [0.1, 0.15) is 49.8 Å². The quantitative estimate of drug-likeness (QED) is 0.559. The lowest BCUT2D eigenvalue weighted by Gasteiger charge is -2.29. The molecule has 2 fully saturated rings. The molecule has 0 spiro atoms. The molecule has 2 aliphatic rings. The van der Waals surface area contributed by atoms with Crippen LogP contribution in [0.25, 0.3) is 0 Å².